The molecule has 0 aliphatic heterocycles. The van der Waals surface area contributed by atoms with Crippen molar-refractivity contribution in [3.05, 3.63) is 35.4 Å². The van der Waals surface area contributed by atoms with E-state index in [1.165, 1.54) is 30.4 Å². The lowest BCUT2D eigenvalue weighted by Crippen LogP contribution is -1.86. The molecular formula is C11H13Br. The van der Waals surface area contributed by atoms with Crippen molar-refractivity contribution in [1.29, 1.82) is 0 Å². The van der Waals surface area contributed by atoms with Gasteiger partial charge in [0.15, 0.2) is 0 Å². The Morgan fingerprint density at radius 3 is 2.17 bits per heavy atom. The first kappa shape index (κ1) is 8.31. The first-order valence-corrected chi connectivity index (χ1v) is 5.64. The first-order chi connectivity index (χ1) is 5.88. The molecule has 1 aliphatic carbocycles. The number of hydrogen-bond donors (Lipinski definition) is 0. The minimum atomic E-state index is 0.969. The van der Waals surface area contributed by atoms with Crippen LogP contribution in [-0.2, 0) is 11.8 Å². The fourth-order valence-electron chi connectivity index (χ4n) is 1.42. The average molecular weight is 225 g/mol. The van der Waals surface area contributed by atoms with Crippen molar-refractivity contribution < 1.29 is 0 Å². The maximum absolute atomic E-state index is 3.45. The number of benzene rings is 1. The summed E-state index contributed by atoms with van der Waals surface area (Å²) in [6.07, 6.45) is 4.18. The molecule has 0 radical (unpaired) electrons. The second-order valence-corrected chi connectivity index (χ2v) is 4.16. The van der Waals surface area contributed by atoms with Crippen LogP contribution in [0.4, 0.5) is 0 Å². The van der Waals surface area contributed by atoms with Crippen LogP contribution in [0.3, 0.4) is 0 Å². The third-order valence-corrected chi connectivity index (χ3v) is 3.05. The zero-order valence-electron chi connectivity index (χ0n) is 7.09. The van der Waals surface area contributed by atoms with E-state index in [9.17, 15) is 0 Å². The summed E-state index contributed by atoms with van der Waals surface area (Å²) in [4.78, 5) is 0. The summed E-state index contributed by atoms with van der Waals surface area (Å²) in [6, 6.07) is 8.95. The van der Waals surface area contributed by atoms with Gasteiger partial charge in [0.2, 0.25) is 0 Å². The fourth-order valence-corrected chi connectivity index (χ4v) is 1.79. The third-order valence-electron chi connectivity index (χ3n) is 2.40. The summed E-state index contributed by atoms with van der Waals surface area (Å²) in [5.74, 6) is 1.000. The van der Waals surface area contributed by atoms with Gasteiger partial charge in [0.1, 0.15) is 0 Å². The van der Waals surface area contributed by atoms with Crippen molar-refractivity contribution >= 4 is 15.9 Å². The van der Waals surface area contributed by atoms with E-state index in [1.807, 2.05) is 0 Å². The molecule has 64 valence electrons. The number of hydrogen-bond acceptors (Lipinski definition) is 0. The minimum Gasteiger partial charge on any atom is -0.0876 e. The lowest BCUT2D eigenvalue weighted by Gasteiger charge is -2.00. The Kier molecular flexibility index (Phi) is 2.50. The third kappa shape index (κ3) is 2.10. The average Bonchev–Trinajstić information content (AvgIpc) is 2.90. The van der Waals surface area contributed by atoms with Crippen LogP contribution in [0.1, 0.15) is 24.0 Å². The Morgan fingerprint density at radius 1 is 1.08 bits per heavy atom. The molecule has 1 aliphatic rings. The monoisotopic (exact) mass is 224 g/mol. The van der Waals surface area contributed by atoms with E-state index in [0.29, 0.717) is 0 Å². The molecule has 1 fully saturated rings. The molecule has 0 N–H and O–H groups in total. The molecule has 0 nitrogen and oxygen atoms in total. The molecule has 1 aromatic carbocycles. The molecule has 0 aromatic heterocycles. The Balaban J connectivity index is 2.02. The number of halogens is 1. The largest absolute Gasteiger partial charge is 0.0876 e. The molecule has 0 unspecified atom stereocenters. The van der Waals surface area contributed by atoms with Crippen molar-refractivity contribution in [1.82, 2.24) is 0 Å². The van der Waals surface area contributed by atoms with Crippen LogP contribution in [0, 0.1) is 5.92 Å². The predicted octanol–water partition coefficient (Wildman–Crippen LogP) is 3.53. The Hall–Kier alpha value is -0.300. The maximum Gasteiger partial charge on any atom is 0.0283 e. The molecule has 0 bridgehead atoms. The van der Waals surface area contributed by atoms with Gasteiger partial charge in [-0.05, 0) is 36.3 Å². The highest BCUT2D eigenvalue weighted by atomic mass is 79.9. The summed E-state index contributed by atoms with van der Waals surface area (Å²) >= 11 is 3.45. The van der Waals surface area contributed by atoms with Crippen LogP contribution in [0.15, 0.2) is 24.3 Å². The van der Waals surface area contributed by atoms with Crippen LogP contribution >= 0.6 is 15.9 Å². The second-order valence-electron chi connectivity index (χ2n) is 3.60. The SMILES string of the molecule is BrCc1ccc(CC2CC2)cc1. The Morgan fingerprint density at radius 2 is 1.67 bits per heavy atom. The van der Waals surface area contributed by atoms with Crippen LogP contribution in [0.25, 0.3) is 0 Å². The fraction of sp³-hybridized carbons (Fsp3) is 0.455. The second kappa shape index (κ2) is 3.61. The van der Waals surface area contributed by atoms with Gasteiger partial charge in [-0.15, -0.1) is 0 Å². The quantitative estimate of drug-likeness (QED) is 0.690. The Labute approximate surface area is 82.1 Å². The molecular weight excluding hydrogens is 212 g/mol. The van der Waals surface area contributed by atoms with E-state index in [1.54, 1.807) is 0 Å². The molecule has 1 heteroatoms. The molecule has 0 saturated heterocycles. The summed E-state index contributed by atoms with van der Waals surface area (Å²) in [5, 5.41) is 0.969. The van der Waals surface area contributed by atoms with Crippen molar-refractivity contribution in [2.24, 2.45) is 5.92 Å². The smallest absolute Gasteiger partial charge is 0.0283 e. The summed E-state index contributed by atoms with van der Waals surface area (Å²) in [5.41, 5.74) is 2.87. The molecule has 0 spiro atoms. The standard InChI is InChI=1S/C11H13Br/c12-8-11-5-3-10(4-6-11)7-9-1-2-9/h3-6,9H,1-2,7-8H2. The van der Waals surface area contributed by atoms with Gasteiger partial charge in [-0.3, -0.25) is 0 Å². The topological polar surface area (TPSA) is 0 Å². The van der Waals surface area contributed by atoms with Gasteiger partial charge in [-0.1, -0.05) is 40.2 Å². The predicted molar refractivity (Wildman–Crippen MR) is 55.5 cm³/mol. The molecule has 0 atom stereocenters. The minimum absolute atomic E-state index is 0.969. The van der Waals surface area contributed by atoms with Gasteiger partial charge >= 0.3 is 0 Å². The summed E-state index contributed by atoms with van der Waals surface area (Å²) in [7, 11) is 0. The van der Waals surface area contributed by atoms with Gasteiger partial charge in [-0.2, -0.15) is 0 Å². The van der Waals surface area contributed by atoms with E-state index < -0.39 is 0 Å². The zero-order valence-corrected chi connectivity index (χ0v) is 8.68. The van der Waals surface area contributed by atoms with Crippen LogP contribution in [0.2, 0.25) is 0 Å². The lowest BCUT2D eigenvalue weighted by atomic mass is 10.1. The highest BCUT2D eigenvalue weighted by Crippen LogP contribution is 2.32. The van der Waals surface area contributed by atoms with Gasteiger partial charge in [0, 0.05) is 5.33 Å². The van der Waals surface area contributed by atoms with Crippen molar-refractivity contribution in [3.63, 3.8) is 0 Å². The van der Waals surface area contributed by atoms with Gasteiger partial charge in [-0.25, -0.2) is 0 Å². The van der Waals surface area contributed by atoms with Gasteiger partial charge in [0.05, 0.1) is 0 Å². The van der Waals surface area contributed by atoms with E-state index in [4.69, 9.17) is 0 Å². The highest BCUT2D eigenvalue weighted by Gasteiger charge is 2.20. The highest BCUT2D eigenvalue weighted by molar-refractivity contribution is 9.08. The van der Waals surface area contributed by atoms with Crippen molar-refractivity contribution in [2.75, 3.05) is 0 Å². The summed E-state index contributed by atoms with van der Waals surface area (Å²) in [6.45, 7) is 0. The number of alkyl halides is 1. The molecule has 0 heterocycles. The number of rotatable bonds is 3. The molecule has 2 rings (SSSR count). The summed E-state index contributed by atoms with van der Waals surface area (Å²) < 4.78 is 0. The molecule has 1 aromatic rings. The van der Waals surface area contributed by atoms with Crippen LogP contribution < -0.4 is 0 Å². The van der Waals surface area contributed by atoms with Gasteiger partial charge < -0.3 is 0 Å². The van der Waals surface area contributed by atoms with E-state index in [0.717, 1.165) is 11.2 Å². The first-order valence-electron chi connectivity index (χ1n) is 4.52. The molecule has 0 amide bonds. The Bertz CT molecular complexity index is 246. The molecule has 12 heavy (non-hydrogen) atoms. The van der Waals surface area contributed by atoms with Crippen molar-refractivity contribution in [2.45, 2.75) is 24.6 Å². The normalized spacial score (nSPS) is 16.4. The van der Waals surface area contributed by atoms with Crippen molar-refractivity contribution in [3.8, 4) is 0 Å². The van der Waals surface area contributed by atoms with Crippen LogP contribution in [-0.4, -0.2) is 0 Å². The molecule has 1 saturated carbocycles. The van der Waals surface area contributed by atoms with E-state index in [-0.39, 0.29) is 0 Å². The zero-order chi connectivity index (χ0) is 8.39. The lowest BCUT2D eigenvalue weighted by molar-refractivity contribution is 0.832. The van der Waals surface area contributed by atoms with Crippen LogP contribution in [0.5, 0.6) is 0 Å². The van der Waals surface area contributed by atoms with E-state index >= 15 is 0 Å². The van der Waals surface area contributed by atoms with Gasteiger partial charge in [0.25, 0.3) is 0 Å². The maximum atomic E-state index is 3.45. The van der Waals surface area contributed by atoms with E-state index in [2.05, 4.69) is 40.2 Å².